The molecular formula is C21H29N3O. The van der Waals surface area contributed by atoms with E-state index in [-0.39, 0.29) is 5.91 Å². The van der Waals surface area contributed by atoms with Crippen LogP contribution >= 0.6 is 0 Å². The minimum absolute atomic E-state index is 0.0183. The van der Waals surface area contributed by atoms with E-state index in [0.717, 1.165) is 17.1 Å². The lowest BCUT2D eigenvalue weighted by Crippen LogP contribution is -2.17. The van der Waals surface area contributed by atoms with Crippen LogP contribution in [0.1, 0.15) is 37.3 Å². The zero-order valence-corrected chi connectivity index (χ0v) is 15.9. The molecule has 4 nitrogen and oxygen atoms in total. The molecule has 0 aromatic heterocycles. The van der Waals surface area contributed by atoms with E-state index in [4.69, 9.17) is 0 Å². The Balaban J connectivity index is 1.89. The Morgan fingerprint density at radius 3 is 2.36 bits per heavy atom. The molecule has 2 aromatic rings. The summed E-state index contributed by atoms with van der Waals surface area (Å²) in [5.74, 6) is 0.469. The first-order valence-corrected chi connectivity index (χ1v) is 8.79. The number of rotatable bonds is 7. The van der Waals surface area contributed by atoms with Gasteiger partial charge in [-0.3, -0.25) is 4.79 Å². The van der Waals surface area contributed by atoms with Gasteiger partial charge in [-0.2, -0.15) is 0 Å². The van der Waals surface area contributed by atoms with E-state index in [0.29, 0.717) is 18.9 Å². The standard InChI is InChI=1S/C21H29N3O/c1-15(2)19-8-6-7-16(3)21(19)22-14-13-20(25)23-17-9-11-18(12-10-17)24(4)5/h6-12,15,22H,13-14H2,1-5H3,(H,23,25). The van der Waals surface area contributed by atoms with Gasteiger partial charge in [0.2, 0.25) is 5.91 Å². The van der Waals surface area contributed by atoms with Gasteiger partial charge in [0.25, 0.3) is 0 Å². The summed E-state index contributed by atoms with van der Waals surface area (Å²) >= 11 is 0. The predicted octanol–water partition coefficient (Wildman–Crippen LogP) is 4.63. The first kappa shape index (κ1) is 18.8. The Morgan fingerprint density at radius 1 is 1.08 bits per heavy atom. The first-order chi connectivity index (χ1) is 11.9. The first-order valence-electron chi connectivity index (χ1n) is 8.79. The van der Waals surface area contributed by atoms with E-state index in [1.165, 1.54) is 11.1 Å². The molecule has 134 valence electrons. The van der Waals surface area contributed by atoms with Crippen molar-refractivity contribution in [3.63, 3.8) is 0 Å². The summed E-state index contributed by atoms with van der Waals surface area (Å²) in [6.45, 7) is 7.08. The number of para-hydroxylation sites is 1. The van der Waals surface area contributed by atoms with Crippen molar-refractivity contribution in [2.75, 3.05) is 36.2 Å². The molecule has 0 saturated heterocycles. The fourth-order valence-electron chi connectivity index (χ4n) is 2.78. The number of amides is 1. The topological polar surface area (TPSA) is 44.4 Å². The Bertz CT molecular complexity index is 706. The van der Waals surface area contributed by atoms with Crippen molar-refractivity contribution in [2.24, 2.45) is 0 Å². The molecule has 0 saturated carbocycles. The molecule has 0 aliphatic heterocycles. The zero-order chi connectivity index (χ0) is 18.4. The van der Waals surface area contributed by atoms with E-state index < -0.39 is 0 Å². The predicted molar refractivity (Wildman–Crippen MR) is 108 cm³/mol. The Kier molecular flexibility index (Phi) is 6.45. The molecule has 0 bridgehead atoms. The Labute approximate surface area is 151 Å². The molecule has 1 amide bonds. The number of hydrogen-bond acceptors (Lipinski definition) is 3. The second-order valence-electron chi connectivity index (χ2n) is 6.86. The zero-order valence-electron chi connectivity index (χ0n) is 15.9. The number of aryl methyl sites for hydroxylation is 1. The fourth-order valence-corrected chi connectivity index (χ4v) is 2.78. The maximum Gasteiger partial charge on any atom is 0.226 e. The lowest BCUT2D eigenvalue weighted by atomic mass is 9.98. The summed E-state index contributed by atoms with van der Waals surface area (Å²) in [7, 11) is 3.99. The number of nitrogens with zero attached hydrogens (tertiary/aromatic N) is 1. The number of carbonyl (C=O) groups excluding carboxylic acids is 1. The van der Waals surface area contributed by atoms with Gasteiger partial charge < -0.3 is 15.5 Å². The van der Waals surface area contributed by atoms with Crippen LogP contribution in [-0.4, -0.2) is 26.5 Å². The van der Waals surface area contributed by atoms with Gasteiger partial charge in [-0.1, -0.05) is 32.0 Å². The Morgan fingerprint density at radius 2 is 1.76 bits per heavy atom. The summed E-state index contributed by atoms with van der Waals surface area (Å²) in [6, 6.07) is 14.2. The van der Waals surface area contributed by atoms with Crippen molar-refractivity contribution in [2.45, 2.75) is 33.1 Å². The van der Waals surface area contributed by atoms with Crippen LogP contribution in [0, 0.1) is 6.92 Å². The number of nitrogens with one attached hydrogen (secondary N) is 2. The van der Waals surface area contributed by atoms with Gasteiger partial charge in [-0.25, -0.2) is 0 Å². The number of carbonyl (C=O) groups is 1. The van der Waals surface area contributed by atoms with Crippen LogP contribution in [0.4, 0.5) is 17.1 Å². The fraction of sp³-hybridized carbons (Fsp3) is 0.381. The number of anilines is 3. The summed E-state index contributed by atoms with van der Waals surface area (Å²) in [5, 5.41) is 6.38. The molecule has 0 radical (unpaired) electrons. The molecule has 4 heteroatoms. The molecular weight excluding hydrogens is 310 g/mol. The molecule has 0 aliphatic carbocycles. The summed E-state index contributed by atoms with van der Waals surface area (Å²) in [4.78, 5) is 14.2. The highest BCUT2D eigenvalue weighted by molar-refractivity contribution is 5.91. The van der Waals surface area contributed by atoms with Gasteiger partial charge in [0, 0.05) is 44.1 Å². The van der Waals surface area contributed by atoms with E-state index in [1.54, 1.807) is 0 Å². The molecule has 2 N–H and O–H groups in total. The minimum Gasteiger partial charge on any atom is -0.384 e. The minimum atomic E-state index is 0.0183. The monoisotopic (exact) mass is 339 g/mol. The third-order valence-electron chi connectivity index (χ3n) is 4.25. The summed E-state index contributed by atoms with van der Waals surface area (Å²) in [6.07, 6.45) is 0.432. The van der Waals surface area contributed by atoms with Crippen LogP contribution in [0.25, 0.3) is 0 Å². The van der Waals surface area contributed by atoms with E-state index in [2.05, 4.69) is 49.6 Å². The van der Waals surface area contributed by atoms with Crippen LogP contribution in [0.3, 0.4) is 0 Å². The van der Waals surface area contributed by atoms with Crippen LogP contribution in [0.5, 0.6) is 0 Å². The van der Waals surface area contributed by atoms with Gasteiger partial charge in [-0.15, -0.1) is 0 Å². The molecule has 25 heavy (non-hydrogen) atoms. The molecule has 2 rings (SSSR count). The van der Waals surface area contributed by atoms with E-state index in [9.17, 15) is 4.79 Å². The van der Waals surface area contributed by atoms with Gasteiger partial charge in [0.1, 0.15) is 0 Å². The molecule has 0 atom stereocenters. The average Bonchev–Trinajstić information content (AvgIpc) is 2.56. The van der Waals surface area contributed by atoms with Crippen molar-refractivity contribution in [1.82, 2.24) is 0 Å². The van der Waals surface area contributed by atoms with Crippen molar-refractivity contribution in [3.8, 4) is 0 Å². The number of hydrogen-bond donors (Lipinski definition) is 2. The van der Waals surface area contributed by atoms with Gasteiger partial charge in [0.05, 0.1) is 0 Å². The third kappa shape index (κ3) is 5.24. The molecule has 2 aromatic carbocycles. The SMILES string of the molecule is Cc1cccc(C(C)C)c1NCCC(=O)Nc1ccc(N(C)C)cc1. The smallest absolute Gasteiger partial charge is 0.226 e. The van der Waals surface area contributed by atoms with Crippen LogP contribution < -0.4 is 15.5 Å². The Hall–Kier alpha value is -2.49. The van der Waals surface area contributed by atoms with Crippen molar-refractivity contribution in [3.05, 3.63) is 53.6 Å². The molecule has 0 unspecified atom stereocenters. The second-order valence-corrected chi connectivity index (χ2v) is 6.86. The lowest BCUT2D eigenvalue weighted by molar-refractivity contribution is -0.115. The van der Waals surface area contributed by atoms with Crippen molar-refractivity contribution in [1.29, 1.82) is 0 Å². The van der Waals surface area contributed by atoms with Crippen molar-refractivity contribution >= 4 is 23.0 Å². The van der Waals surface area contributed by atoms with Crippen LogP contribution in [-0.2, 0) is 4.79 Å². The second kappa shape index (κ2) is 8.56. The van der Waals surface area contributed by atoms with Crippen molar-refractivity contribution < 1.29 is 4.79 Å². The average molecular weight is 339 g/mol. The summed E-state index contributed by atoms with van der Waals surface area (Å²) in [5.41, 5.74) is 5.60. The largest absolute Gasteiger partial charge is 0.384 e. The normalized spacial score (nSPS) is 10.6. The van der Waals surface area contributed by atoms with E-state index >= 15 is 0 Å². The highest BCUT2D eigenvalue weighted by atomic mass is 16.1. The molecule has 0 spiro atoms. The van der Waals surface area contributed by atoms with Gasteiger partial charge >= 0.3 is 0 Å². The quantitative estimate of drug-likeness (QED) is 0.773. The van der Waals surface area contributed by atoms with Gasteiger partial charge in [-0.05, 0) is 48.2 Å². The van der Waals surface area contributed by atoms with E-state index in [1.807, 2.05) is 43.3 Å². The van der Waals surface area contributed by atoms with Crippen LogP contribution in [0.2, 0.25) is 0 Å². The molecule has 0 fully saturated rings. The number of benzene rings is 2. The summed E-state index contributed by atoms with van der Waals surface area (Å²) < 4.78 is 0. The third-order valence-corrected chi connectivity index (χ3v) is 4.25. The molecule has 0 aliphatic rings. The molecule has 0 heterocycles. The maximum absolute atomic E-state index is 12.2. The maximum atomic E-state index is 12.2. The van der Waals surface area contributed by atoms with Crippen LogP contribution in [0.15, 0.2) is 42.5 Å². The highest BCUT2D eigenvalue weighted by Gasteiger charge is 2.09. The van der Waals surface area contributed by atoms with Gasteiger partial charge in [0.15, 0.2) is 0 Å². The highest BCUT2D eigenvalue weighted by Crippen LogP contribution is 2.27. The lowest BCUT2D eigenvalue weighted by Gasteiger charge is -2.17.